The fraction of sp³-hybridized carbons (Fsp3) is 0.250. The molecule has 0 atom stereocenters. The highest BCUT2D eigenvalue weighted by molar-refractivity contribution is 7.18. The Morgan fingerprint density at radius 3 is 2.63 bits per heavy atom. The third-order valence-corrected chi connectivity index (χ3v) is 5.00. The van der Waals surface area contributed by atoms with Crippen molar-refractivity contribution in [1.82, 2.24) is 15.1 Å². The molecular formula is C16H13F5N4OS. The molecule has 2 aromatic rings. The minimum atomic E-state index is -4.63. The van der Waals surface area contributed by atoms with Gasteiger partial charge in [0.1, 0.15) is 17.4 Å². The van der Waals surface area contributed by atoms with Crippen LogP contribution < -0.4 is 11.1 Å². The number of nitrogens with one attached hydrogen (secondary N) is 1. The van der Waals surface area contributed by atoms with Crippen LogP contribution in [0.25, 0.3) is 10.6 Å². The lowest BCUT2D eigenvalue weighted by atomic mass is 10.1. The smallest absolute Gasteiger partial charge is 0.397 e. The van der Waals surface area contributed by atoms with Crippen LogP contribution in [-0.4, -0.2) is 15.7 Å². The van der Waals surface area contributed by atoms with Crippen molar-refractivity contribution in [2.75, 3.05) is 5.73 Å². The molecule has 1 amide bonds. The number of allylic oxidation sites excluding steroid dienone is 3. The average molecular weight is 404 g/mol. The summed E-state index contributed by atoms with van der Waals surface area (Å²) in [5, 5.41) is 5.54. The van der Waals surface area contributed by atoms with E-state index in [2.05, 4.69) is 10.4 Å². The highest BCUT2D eigenvalue weighted by atomic mass is 32.1. The second-order valence-electron chi connectivity index (χ2n) is 5.76. The number of aryl methyl sites for hydroxylation is 1. The lowest BCUT2D eigenvalue weighted by molar-refractivity contribution is -0.141. The van der Waals surface area contributed by atoms with Gasteiger partial charge in [-0.3, -0.25) is 9.48 Å². The van der Waals surface area contributed by atoms with Gasteiger partial charge < -0.3 is 11.1 Å². The van der Waals surface area contributed by atoms with Crippen LogP contribution in [0.3, 0.4) is 0 Å². The Balaban J connectivity index is 1.90. The second-order valence-corrected chi connectivity index (χ2v) is 6.81. The molecule has 11 heteroatoms. The first-order valence-corrected chi connectivity index (χ1v) is 8.46. The summed E-state index contributed by atoms with van der Waals surface area (Å²) in [5.74, 6) is -2.47. The average Bonchev–Trinajstić information content (AvgIpc) is 3.13. The molecule has 1 aliphatic rings. The third-order valence-electron chi connectivity index (χ3n) is 3.82. The number of carbonyl (C=O) groups is 1. The second kappa shape index (κ2) is 6.80. The summed E-state index contributed by atoms with van der Waals surface area (Å²) >= 11 is 0.798. The Morgan fingerprint density at radius 1 is 1.33 bits per heavy atom. The van der Waals surface area contributed by atoms with Crippen LogP contribution in [0.1, 0.15) is 28.2 Å². The van der Waals surface area contributed by atoms with Gasteiger partial charge in [-0.1, -0.05) is 0 Å². The summed E-state index contributed by atoms with van der Waals surface area (Å²) < 4.78 is 66.9. The summed E-state index contributed by atoms with van der Waals surface area (Å²) in [6.45, 7) is 0. The number of thiophene rings is 1. The van der Waals surface area contributed by atoms with Crippen LogP contribution in [0.2, 0.25) is 0 Å². The predicted molar refractivity (Wildman–Crippen MR) is 90.0 cm³/mol. The van der Waals surface area contributed by atoms with E-state index in [1.807, 2.05) is 0 Å². The van der Waals surface area contributed by atoms with Crippen molar-refractivity contribution < 1.29 is 26.7 Å². The van der Waals surface area contributed by atoms with Gasteiger partial charge >= 0.3 is 6.18 Å². The summed E-state index contributed by atoms with van der Waals surface area (Å²) in [6, 6.07) is 2.05. The van der Waals surface area contributed by atoms with Crippen LogP contribution in [0.4, 0.5) is 27.6 Å². The lowest BCUT2D eigenvalue weighted by Crippen LogP contribution is -2.24. The lowest BCUT2D eigenvalue weighted by Gasteiger charge is -2.12. The first-order chi connectivity index (χ1) is 12.6. The number of hydrogen-bond acceptors (Lipinski definition) is 4. The maximum absolute atomic E-state index is 13.7. The van der Waals surface area contributed by atoms with E-state index in [4.69, 9.17) is 5.73 Å². The Kier molecular flexibility index (Phi) is 4.81. The van der Waals surface area contributed by atoms with Gasteiger partial charge in [-0.25, -0.2) is 8.78 Å². The van der Waals surface area contributed by atoms with E-state index in [0.29, 0.717) is 0 Å². The van der Waals surface area contributed by atoms with Crippen LogP contribution in [0, 0.1) is 0 Å². The van der Waals surface area contributed by atoms with Gasteiger partial charge in [0.15, 0.2) is 5.69 Å². The van der Waals surface area contributed by atoms with E-state index in [0.717, 1.165) is 28.2 Å². The first-order valence-electron chi connectivity index (χ1n) is 7.65. The number of anilines is 1. The molecule has 0 radical (unpaired) electrons. The third kappa shape index (κ3) is 3.72. The molecule has 0 bridgehead atoms. The number of halogens is 5. The zero-order chi connectivity index (χ0) is 19.9. The van der Waals surface area contributed by atoms with E-state index < -0.39 is 35.1 Å². The molecule has 0 unspecified atom stereocenters. The highest BCUT2D eigenvalue weighted by Gasteiger charge is 2.35. The topological polar surface area (TPSA) is 72.9 Å². The summed E-state index contributed by atoms with van der Waals surface area (Å²) in [4.78, 5) is 12.5. The molecule has 0 saturated heterocycles. The number of aromatic nitrogens is 2. The number of alkyl halides is 3. The number of hydrogen-bond donors (Lipinski definition) is 2. The van der Waals surface area contributed by atoms with Crippen LogP contribution in [0.15, 0.2) is 35.6 Å². The molecule has 2 heterocycles. The van der Waals surface area contributed by atoms with Crippen molar-refractivity contribution in [1.29, 1.82) is 0 Å². The highest BCUT2D eigenvalue weighted by Crippen LogP contribution is 2.38. The molecule has 1 aliphatic carbocycles. The zero-order valence-electron chi connectivity index (χ0n) is 13.8. The number of nitrogen functional groups attached to an aromatic ring is 1. The number of amides is 1. The van der Waals surface area contributed by atoms with Gasteiger partial charge in [-0.2, -0.15) is 18.3 Å². The normalized spacial score (nSPS) is 15.1. The fourth-order valence-corrected chi connectivity index (χ4v) is 3.54. The molecule has 27 heavy (non-hydrogen) atoms. The molecule has 3 rings (SSSR count). The molecule has 0 spiro atoms. The predicted octanol–water partition coefficient (Wildman–Crippen LogP) is 4.31. The van der Waals surface area contributed by atoms with E-state index in [1.165, 1.54) is 13.1 Å². The molecule has 5 nitrogen and oxygen atoms in total. The molecule has 0 aliphatic heterocycles. The largest absolute Gasteiger partial charge is 0.435 e. The van der Waals surface area contributed by atoms with Crippen molar-refractivity contribution in [2.24, 2.45) is 7.05 Å². The molecule has 0 fully saturated rings. The van der Waals surface area contributed by atoms with E-state index in [9.17, 15) is 26.7 Å². The quantitative estimate of drug-likeness (QED) is 0.749. The number of rotatable bonds is 3. The van der Waals surface area contributed by atoms with E-state index in [-0.39, 0.29) is 34.0 Å². The van der Waals surface area contributed by atoms with Crippen molar-refractivity contribution in [2.45, 2.75) is 19.0 Å². The standard InChI is InChI=1S/C16H13F5N4OS/c1-25-10(6-12(24-25)16(19,20)21)14-9(22)5-11(27-14)15(26)23-13-7(17)3-2-4-8(13)18/h3,5-6H,2,4,22H2,1H3,(H,23,26). The maximum atomic E-state index is 13.7. The number of nitrogens with two attached hydrogens (primary N) is 1. The van der Waals surface area contributed by atoms with Crippen molar-refractivity contribution in [3.63, 3.8) is 0 Å². The van der Waals surface area contributed by atoms with E-state index in [1.54, 1.807) is 0 Å². The number of carbonyl (C=O) groups excluding carboxylic acids is 1. The van der Waals surface area contributed by atoms with Crippen LogP contribution >= 0.6 is 11.3 Å². The summed E-state index contributed by atoms with van der Waals surface area (Å²) in [7, 11) is 1.31. The SMILES string of the molecule is Cn1nc(C(F)(F)F)cc1-c1sc(C(=O)NC2=C(F)CCC=C2F)cc1N. The Bertz CT molecular complexity index is 970. The number of nitrogens with zero attached hydrogens (tertiary/aromatic N) is 2. The molecule has 0 saturated carbocycles. The summed E-state index contributed by atoms with van der Waals surface area (Å²) in [5.41, 5.74) is 4.30. The minimum Gasteiger partial charge on any atom is -0.397 e. The molecule has 0 aromatic carbocycles. The van der Waals surface area contributed by atoms with Crippen molar-refractivity contribution >= 4 is 22.9 Å². The van der Waals surface area contributed by atoms with Gasteiger partial charge in [-0.15, -0.1) is 11.3 Å². The van der Waals surface area contributed by atoms with Crippen LogP contribution in [-0.2, 0) is 13.2 Å². The first kappa shape index (κ1) is 19.1. The van der Waals surface area contributed by atoms with Gasteiger partial charge in [0.05, 0.1) is 21.1 Å². The fourth-order valence-electron chi connectivity index (χ4n) is 2.52. The van der Waals surface area contributed by atoms with Gasteiger partial charge in [0, 0.05) is 13.5 Å². The monoisotopic (exact) mass is 404 g/mol. The van der Waals surface area contributed by atoms with Crippen molar-refractivity contribution in [3.8, 4) is 10.6 Å². The van der Waals surface area contributed by atoms with Gasteiger partial charge in [0.25, 0.3) is 5.91 Å². The minimum absolute atomic E-state index is 0.00377. The van der Waals surface area contributed by atoms with E-state index >= 15 is 0 Å². The zero-order valence-corrected chi connectivity index (χ0v) is 14.6. The molecule has 3 N–H and O–H groups in total. The van der Waals surface area contributed by atoms with Crippen LogP contribution in [0.5, 0.6) is 0 Å². The molecule has 144 valence electrons. The molecular weight excluding hydrogens is 391 g/mol. The van der Waals surface area contributed by atoms with Gasteiger partial charge in [0.2, 0.25) is 0 Å². The van der Waals surface area contributed by atoms with Gasteiger partial charge in [-0.05, 0) is 24.6 Å². The Morgan fingerprint density at radius 2 is 2.04 bits per heavy atom. The summed E-state index contributed by atoms with van der Waals surface area (Å²) in [6.07, 6.45) is -3.32. The Labute approximate surface area is 154 Å². The van der Waals surface area contributed by atoms with Crippen molar-refractivity contribution in [3.05, 3.63) is 46.1 Å². The maximum Gasteiger partial charge on any atom is 0.435 e. The molecule has 2 aromatic heterocycles. The Hall–Kier alpha value is -2.69.